The van der Waals surface area contributed by atoms with E-state index in [2.05, 4.69) is 52.4 Å². The number of nitrogens with zero attached hydrogens (tertiary/aromatic N) is 11. The summed E-state index contributed by atoms with van der Waals surface area (Å²) in [5, 5.41) is 40.4. The quantitative estimate of drug-likeness (QED) is 0.0756. The standard InChI is InChI=1S/C32H27F7N8O2.C23H29BF3N3O3.H2O/c33-23-5-8-25(26(34)15-23)30(49,18-47-19-42-43-44-47)31(35,36)27-9-3-21(16-40-27)20-1-6-24(7-2-20)45-11-13-46(14-12-45)28-10-4-22(17-41-28)29(48)32(37,38)39;1-21(2)22(3,4)33-24(32-21)17-6-8-18(9-7-17)29-11-13-30(14-12-29)19-10-5-16(15-28-19)20(31)23(25,26)27;/h1-10,15-17,19,29,48-49H,11-14,18H2;5-10,15,20,31H,11-14H2,1-4H3;1H2/t29?,30-;;/m0../s1/i/hD. The minimum atomic E-state index is -4.78. The minimum Gasteiger partial charge on any atom is -0.412 e. The lowest BCUT2D eigenvalue weighted by molar-refractivity contribution is -0.207. The van der Waals surface area contributed by atoms with Gasteiger partial charge in [0.15, 0.2) is 17.8 Å². The van der Waals surface area contributed by atoms with E-state index in [0.717, 1.165) is 71.5 Å². The minimum absolute atomic E-state index is 0.257. The van der Waals surface area contributed by atoms with Crippen LogP contribution in [0.1, 0.15) is 63.7 Å². The second-order valence-corrected chi connectivity index (χ2v) is 21.0. The lowest BCUT2D eigenvalue weighted by Gasteiger charge is -2.37. The number of alkyl halides is 8. The summed E-state index contributed by atoms with van der Waals surface area (Å²) in [6, 6.07) is 25.2. The van der Waals surface area contributed by atoms with Crippen molar-refractivity contribution < 1.29 is 75.4 Å². The molecule has 0 aliphatic carbocycles. The van der Waals surface area contributed by atoms with E-state index in [1.807, 2.05) is 61.8 Å². The topological polar surface area (TPSA) is 206 Å². The molecule has 0 radical (unpaired) electrons. The predicted molar refractivity (Wildman–Crippen MR) is 287 cm³/mol. The molecule has 442 valence electrons. The van der Waals surface area contributed by atoms with Crippen LogP contribution in [0, 0.1) is 11.6 Å². The Bertz CT molecular complexity index is 3240. The van der Waals surface area contributed by atoms with Gasteiger partial charge in [0.05, 0.1) is 17.7 Å². The van der Waals surface area contributed by atoms with Crippen molar-refractivity contribution in [1.82, 2.24) is 35.2 Å². The Morgan fingerprint density at radius 2 is 1.07 bits per heavy atom. The molecule has 2 unspecified atom stereocenters. The van der Waals surface area contributed by atoms with Crippen LogP contribution in [-0.4, -0.2) is 139 Å². The van der Waals surface area contributed by atoms with Crippen LogP contribution < -0.4 is 25.1 Å². The van der Waals surface area contributed by atoms with Gasteiger partial charge in [-0.1, -0.05) is 42.5 Å². The van der Waals surface area contributed by atoms with Crippen LogP contribution in [-0.2, 0) is 27.4 Å². The molecule has 3 aliphatic rings. The molecule has 3 atom stereocenters. The summed E-state index contributed by atoms with van der Waals surface area (Å²) in [7, 11) is -0.397. The molecule has 3 fully saturated rings. The zero-order valence-electron chi connectivity index (χ0n) is 46.0. The van der Waals surface area contributed by atoms with Crippen molar-refractivity contribution in [1.29, 1.82) is 0 Å². The van der Waals surface area contributed by atoms with E-state index in [1.165, 1.54) is 36.5 Å². The number of aromatic nitrogens is 7. The zero-order valence-corrected chi connectivity index (χ0v) is 45.0. The molecule has 0 bridgehead atoms. The maximum atomic E-state index is 16.1. The Balaban J connectivity index is 0.000000229. The number of halogens is 10. The number of benzene rings is 3. The van der Waals surface area contributed by atoms with Gasteiger partial charge < -0.3 is 49.7 Å². The third kappa shape index (κ3) is 13.3. The van der Waals surface area contributed by atoms with Gasteiger partial charge in [0.25, 0.3) is 0 Å². The van der Waals surface area contributed by atoms with E-state index in [1.54, 1.807) is 12.1 Å². The number of hydrogen-bond donors (Lipinski definition) is 3. The van der Waals surface area contributed by atoms with Crippen LogP contribution in [0.4, 0.5) is 66.9 Å². The van der Waals surface area contributed by atoms with Crippen molar-refractivity contribution >= 4 is 35.6 Å². The van der Waals surface area contributed by atoms with Crippen LogP contribution in [0.5, 0.6) is 0 Å². The highest BCUT2D eigenvalue weighted by Crippen LogP contribution is 2.47. The van der Waals surface area contributed by atoms with E-state index in [-0.39, 0.29) is 22.3 Å². The monoisotopic (exact) mass is 1170 g/mol. The molecule has 3 aliphatic heterocycles. The van der Waals surface area contributed by atoms with Crippen molar-refractivity contribution in [2.75, 3.05) is 72.0 Å². The average molecular weight is 1170 g/mol. The summed E-state index contributed by atoms with van der Waals surface area (Å²) in [5.41, 5.74) is 3.98. The summed E-state index contributed by atoms with van der Waals surface area (Å²) in [6.07, 6.45) is -10.3. The van der Waals surface area contributed by atoms with Gasteiger partial charge >= 0.3 is 25.4 Å². The highest BCUT2D eigenvalue weighted by Gasteiger charge is 2.58. The van der Waals surface area contributed by atoms with Crippen LogP contribution in [0.2, 0.25) is 0 Å². The SMILES string of the molecule is CC1(C)OB(c2ccc(N3CCN(c4ccc(C(O)C(F)(F)F)cn4)CC3)cc2)OC1(C)C.OC(c1ccc(N2CCN(c3ccc(-c4ccc(C(F)(F)[C@](O)(Cn5cnnn5)c5ccc(F)cc5F)nc4)cc3)CC2)nc1)C(F)(F)F.[2H]O. The number of tetrazole rings is 1. The van der Waals surface area contributed by atoms with Crippen LogP contribution in [0.3, 0.4) is 0 Å². The first-order chi connectivity index (χ1) is 39.6. The number of pyridine rings is 3. The molecule has 5 N–H and O–H groups in total. The normalized spacial score (nSPS) is 18.0. The fourth-order valence-electron chi connectivity index (χ4n) is 9.57. The maximum Gasteiger partial charge on any atom is 0.494 e. The molecule has 28 heteroatoms. The van der Waals surface area contributed by atoms with Gasteiger partial charge in [-0.2, -0.15) is 35.1 Å². The molecular weight excluding hydrogens is 1110 g/mol. The first-order valence-corrected chi connectivity index (χ1v) is 25.8. The molecule has 17 nitrogen and oxygen atoms in total. The molecule has 3 saturated heterocycles. The molecule has 0 spiro atoms. The van der Waals surface area contributed by atoms with E-state index in [4.69, 9.17) is 16.2 Å². The Hall–Kier alpha value is -7.50. The Labute approximate surface area is 471 Å². The second kappa shape index (κ2) is 24.0. The molecule has 83 heavy (non-hydrogen) atoms. The number of anilines is 4. The highest BCUT2D eigenvalue weighted by atomic mass is 19.4. The molecule has 4 aromatic heterocycles. The van der Waals surface area contributed by atoms with Gasteiger partial charge in [-0.3, -0.25) is 4.98 Å². The van der Waals surface area contributed by atoms with Crippen LogP contribution in [0.25, 0.3) is 11.1 Å². The smallest absolute Gasteiger partial charge is 0.412 e. The molecule has 3 aromatic carbocycles. The summed E-state index contributed by atoms with van der Waals surface area (Å²) in [5.74, 6) is -5.50. The molecule has 0 amide bonds. The largest absolute Gasteiger partial charge is 0.494 e. The number of rotatable bonds is 13. The average Bonchev–Trinajstić information content (AvgIpc) is 3.68. The third-order valence-electron chi connectivity index (χ3n) is 15.1. The second-order valence-electron chi connectivity index (χ2n) is 21.0. The Morgan fingerprint density at radius 1 is 0.602 bits per heavy atom. The first kappa shape index (κ1) is 60.1. The summed E-state index contributed by atoms with van der Waals surface area (Å²) >= 11 is 0. The van der Waals surface area contributed by atoms with E-state index in [0.29, 0.717) is 68.1 Å². The van der Waals surface area contributed by atoms with Gasteiger partial charge in [-0.15, -0.1) is 5.10 Å². The number of aliphatic hydroxyl groups excluding tert-OH is 2. The van der Waals surface area contributed by atoms with Crippen molar-refractivity contribution in [2.45, 2.75) is 81.5 Å². The number of aliphatic hydroxyl groups is 3. The maximum absolute atomic E-state index is 16.1. The fraction of sp³-hybridized carbons (Fsp3) is 0.382. The van der Waals surface area contributed by atoms with E-state index in [9.17, 15) is 50.4 Å². The molecule has 7 aromatic rings. The Kier molecular flexibility index (Phi) is 17.4. The molecule has 7 heterocycles. The predicted octanol–water partition coefficient (Wildman–Crippen LogP) is 7.49. The van der Waals surface area contributed by atoms with Gasteiger partial charge in [0, 0.05) is 111 Å². The van der Waals surface area contributed by atoms with E-state index < -0.39 is 72.6 Å². The summed E-state index contributed by atoms with van der Waals surface area (Å²) in [6.45, 7) is 12.3. The fourth-order valence-corrected chi connectivity index (χ4v) is 9.57. The number of piperazine rings is 2. The van der Waals surface area contributed by atoms with Crippen molar-refractivity contribution in [3.8, 4) is 11.1 Å². The first-order valence-electron chi connectivity index (χ1n) is 26.3. The molecule has 10 rings (SSSR count). The van der Waals surface area contributed by atoms with Crippen LogP contribution >= 0.6 is 0 Å². The molecular formula is C55H58BF10N11O6. The summed E-state index contributed by atoms with van der Waals surface area (Å²) in [4.78, 5) is 20.4. The van der Waals surface area contributed by atoms with Crippen LogP contribution in [0.15, 0.2) is 128 Å². The third-order valence-corrected chi connectivity index (χ3v) is 15.1. The molecule has 0 saturated carbocycles. The lowest BCUT2D eigenvalue weighted by atomic mass is 9.79. The van der Waals surface area contributed by atoms with Crippen molar-refractivity contribution in [2.24, 2.45) is 0 Å². The van der Waals surface area contributed by atoms with Crippen molar-refractivity contribution in [3.05, 3.63) is 162 Å². The van der Waals surface area contributed by atoms with Gasteiger partial charge in [-0.25, -0.2) is 23.4 Å². The summed E-state index contributed by atoms with van der Waals surface area (Å²) < 4.78 is 155. The van der Waals surface area contributed by atoms with Crippen molar-refractivity contribution in [3.63, 3.8) is 0 Å². The highest BCUT2D eigenvalue weighted by molar-refractivity contribution is 6.62. The number of hydrogen-bond acceptors (Lipinski definition) is 15. The van der Waals surface area contributed by atoms with Gasteiger partial charge in [0.2, 0.25) is 1.43 Å². The Morgan fingerprint density at radius 3 is 1.48 bits per heavy atom. The van der Waals surface area contributed by atoms with E-state index >= 15 is 8.78 Å². The van der Waals surface area contributed by atoms with Gasteiger partial charge in [0.1, 0.15) is 35.3 Å². The van der Waals surface area contributed by atoms with Gasteiger partial charge in [-0.05, 0) is 104 Å². The zero-order chi connectivity index (χ0) is 61.0. The lowest BCUT2D eigenvalue weighted by Crippen LogP contribution is -2.48.